The molecule has 0 aliphatic heterocycles. The molecule has 1 aromatic rings. The SMILES string of the molecule is CCOc1ncc(OC)c(=O)[nH]1. The van der Waals surface area contributed by atoms with Crippen LogP contribution in [0.3, 0.4) is 0 Å². The molecule has 1 heterocycles. The summed E-state index contributed by atoms with van der Waals surface area (Å²) in [5, 5.41) is 0. The summed E-state index contributed by atoms with van der Waals surface area (Å²) < 4.78 is 9.68. The van der Waals surface area contributed by atoms with E-state index < -0.39 is 0 Å². The smallest absolute Gasteiger partial charge is 0.296 e. The van der Waals surface area contributed by atoms with Crippen LogP contribution in [0.5, 0.6) is 11.8 Å². The maximum atomic E-state index is 11.0. The van der Waals surface area contributed by atoms with E-state index in [9.17, 15) is 4.79 Å². The monoisotopic (exact) mass is 170 g/mol. The Labute approximate surface area is 69.4 Å². The van der Waals surface area contributed by atoms with Gasteiger partial charge in [-0.2, -0.15) is 0 Å². The highest BCUT2D eigenvalue weighted by atomic mass is 16.5. The van der Waals surface area contributed by atoms with Crippen LogP contribution in [0.4, 0.5) is 0 Å². The van der Waals surface area contributed by atoms with Gasteiger partial charge < -0.3 is 9.47 Å². The van der Waals surface area contributed by atoms with Crippen LogP contribution in [0.25, 0.3) is 0 Å². The number of H-pyrrole nitrogens is 1. The molecule has 0 fully saturated rings. The number of aromatic nitrogens is 2. The summed E-state index contributed by atoms with van der Waals surface area (Å²) in [6, 6.07) is 0.211. The third-order valence-corrected chi connectivity index (χ3v) is 1.24. The summed E-state index contributed by atoms with van der Waals surface area (Å²) in [5.74, 6) is 0.179. The Hall–Kier alpha value is -1.52. The highest BCUT2D eigenvalue weighted by Crippen LogP contribution is 2.02. The molecule has 12 heavy (non-hydrogen) atoms. The number of rotatable bonds is 3. The third-order valence-electron chi connectivity index (χ3n) is 1.24. The highest BCUT2D eigenvalue weighted by molar-refractivity contribution is 5.14. The van der Waals surface area contributed by atoms with E-state index in [-0.39, 0.29) is 17.3 Å². The van der Waals surface area contributed by atoms with E-state index in [0.29, 0.717) is 6.61 Å². The van der Waals surface area contributed by atoms with Crippen molar-refractivity contribution in [2.75, 3.05) is 13.7 Å². The molecule has 1 N–H and O–H groups in total. The third kappa shape index (κ3) is 1.75. The molecule has 5 nitrogen and oxygen atoms in total. The number of hydrogen-bond acceptors (Lipinski definition) is 4. The molecule has 0 bridgehead atoms. The van der Waals surface area contributed by atoms with Gasteiger partial charge in [-0.25, -0.2) is 4.98 Å². The van der Waals surface area contributed by atoms with Gasteiger partial charge in [0.15, 0.2) is 0 Å². The summed E-state index contributed by atoms with van der Waals surface area (Å²) in [6.07, 6.45) is 1.32. The Bertz CT molecular complexity index is 308. The Morgan fingerprint density at radius 1 is 1.67 bits per heavy atom. The first-order valence-electron chi connectivity index (χ1n) is 3.54. The van der Waals surface area contributed by atoms with Crippen molar-refractivity contribution in [1.29, 1.82) is 0 Å². The van der Waals surface area contributed by atoms with Gasteiger partial charge in [-0.1, -0.05) is 0 Å². The van der Waals surface area contributed by atoms with Crippen LogP contribution < -0.4 is 15.0 Å². The summed E-state index contributed by atoms with van der Waals surface area (Å²) in [7, 11) is 1.41. The van der Waals surface area contributed by atoms with E-state index >= 15 is 0 Å². The van der Waals surface area contributed by atoms with Crippen molar-refractivity contribution in [3.63, 3.8) is 0 Å². The fourth-order valence-corrected chi connectivity index (χ4v) is 0.722. The quantitative estimate of drug-likeness (QED) is 0.702. The van der Waals surface area contributed by atoms with E-state index in [2.05, 4.69) is 9.97 Å². The molecule has 0 aliphatic rings. The van der Waals surface area contributed by atoms with Crippen molar-refractivity contribution < 1.29 is 9.47 Å². The number of nitrogens with one attached hydrogen (secondary N) is 1. The van der Waals surface area contributed by atoms with E-state index in [1.54, 1.807) is 0 Å². The van der Waals surface area contributed by atoms with Crippen LogP contribution in [0, 0.1) is 0 Å². The van der Waals surface area contributed by atoms with Crippen molar-refractivity contribution in [2.45, 2.75) is 6.92 Å². The fourth-order valence-electron chi connectivity index (χ4n) is 0.722. The topological polar surface area (TPSA) is 64.2 Å². The Morgan fingerprint density at radius 3 is 2.92 bits per heavy atom. The van der Waals surface area contributed by atoms with Gasteiger partial charge in [0.2, 0.25) is 5.75 Å². The summed E-state index contributed by atoms with van der Waals surface area (Å²) in [6.45, 7) is 2.28. The van der Waals surface area contributed by atoms with Gasteiger partial charge in [0.1, 0.15) is 0 Å². The Kier molecular flexibility index (Phi) is 2.68. The van der Waals surface area contributed by atoms with Gasteiger partial charge in [0, 0.05) is 0 Å². The first-order valence-corrected chi connectivity index (χ1v) is 3.54. The van der Waals surface area contributed by atoms with Crippen LogP contribution in [-0.4, -0.2) is 23.7 Å². The van der Waals surface area contributed by atoms with Crippen LogP contribution in [0.1, 0.15) is 6.92 Å². The van der Waals surface area contributed by atoms with Gasteiger partial charge in [-0.05, 0) is 6.92 Å². The molecule has 0 saturated carbocycles. The van der Waals surface area contributed by atoms with Crippen LogP contribution in [0.15, 0.2) is 11.0 Å². The average molecular weight is 170 g/mol. The molecule has 0 aromatic carbocycles. The first-order chi connectivity index (χ1) is 5.77. The van der Waals surface area contributed by atoms with Crippen molar-refractivity contribution in [1.82, 2.24) is 9.97 Å². The molecular weight excluding hydrogens is 160 g/mol. The average Bonchev–Trinajstić information content (AvgIpc) is 2.05. The number of nitrogens with zero attached hydrogens (tertiary/aromatic N) is 1. The normalized spacial score (nSPS) is 9.50. The molecule has 0 saturated heterocycles. The summed E-state index contributed by atoms with van der Waals surface area (Å²) >= 11 is 0. The number of aromatic amines is 1. The zero-order valence-corrected chi connectivity index (χ0v) is 6.96. The van der Waals surface area contributed by atoms with Gasteiger partial charge >= 0.3 is 0 Å². The maximum absolute atomic E-state index is 11.0. The second-order valence-corrected chi connectivity index (χ2v) is 2.02. The second kappa shape index (κ2) is 3.75. The molecule has 0 amide bonds. The molecule has 1 aromatic heterocycles. The standard InChI is InChI=1S/C7H10N2O3/c1-3-12-7-8-4-5(11-2)6(10)9-7/h4H,3H2,1-2H3,(H,8,9,10). The van der Waals surface area contributed by atoms with Gasteiger partial charge in [0.05, 0.1) is 19.9 Å². The van der Waals surface area contributed by atoms with Crippen molar-refractivity contribution in [3.05, 3.63) is 16.6 Å². The molecule has 66 valence electrons. The molecule has 1 rings (SSSR count). The minimum absolute atomic E-state index is 0.179. The molecule has 5 heteroatoms. The zero-order valence-electron chi connectivity index (χ0n) is 6.96. The van der Waals surface area contributed by atoms with Crippen molar-refractivity contribution in [2.24, 2.45) is 0 Å². The van der Waals surface area contributed by atoms with Crippen LogP contribution >= 0.6 is 0 Å². The predicted octanol–water partition coefficient (Wildman–Crippen LogP) is 0.177. The van der Waals surface area contributed by atoms with Gasteiger partial charge in [-0.3, -0.25) is 9.78 Å². The molecule has 0 radical (unpaired) electrons. The van der Waals surface area contributed by atoms with Crippen LogP contribution in [-0.2, 0) is 0 Å². The minimum atomic E-state index is -0.337. The molecule has 0 atom stereocenters. The largest absolute Gasteiger partial charge is 0.490 e. The number of methoxy groups -OCH3 is 1. The van der Waals surface area contributed by atoms with Gasteiger partial charge in [0.25, 0.3) is 11.6 Å². The predicted molar refractivity (Wildman–Crippen MR) is 42.6 cm³/mol. The second-order valence-electron chi connectivity index (χ2n) is 2.02. The zero-order chi connectivity index (χ0) is 8.97. The van der Waals surface area contributed by atoms with E-state index in [1.807, 2.05) is 6.92 Å². The Balaban J connectivity index is 2.94. The van der Waals surface area contributed by atoms with Crippen molar-refractivity contribution in [3.8, 4) is 11.8 Å². The van der Waals surface area contributed by atoms with Crippen molar-refractivity contribution >= 4 is 0 Å². The molecule has 0 aliphatic carbocycles. The van der Waals surface area contributed by atoms with Crippen LogP contribution in [0.2, 0.25) is 0 Å². The van der Waals surface area contributed by atoms with Gasteiger partial charge in [-0.15, -0.1) is 0 Å². The van der Waals surface area contributed by atoms with E-state index in [1.165, 1.54) is 13.3 Å². The number of ether oxygens (including phenoxy) is 2. The maximum Gasteiger partial charge on any atom is 0.296 e. The molecule has 0 spiro atoms. The minimum Gasteiger partial charge on any atom is -0.490 e. The summed E-state index contributed by atoms with van der Waals surface area (Å²) in [4.78, 5) is 17.3. The fraction of sp³-hybridized carbons (Fsp3) is 0.429. The lowest BCUT2D eigenvalue weighted by Gasteiger charge is -2.01. The Morgan fingerprint density at radius 2 is 2.42 bits per heavy atom. The lowest BCUT2D eigenvalue weighted by molar-refractivity contribution is 0.307. The summed E-state index contributed by atoms with van der Waals surface area (Å²) in [5.41, 5.74) is -0.337. The molecule has 0 unspecified atom stereocenters. The lowest BCUT2D eigenvalue weighted by Crippen LogP contribution is -2.12. The molecular formula is C7H10N2O3. The van der Waals surface area contributed by atoms with E-state index in [4.69, 9.17) is 9.47 Å². The highest BCUT2D eigenvalue weighted by Gasteiger charge is 2.00. The first kappa shape index (κ1) is 8.58. The number of hydrogen-bond donors (Lipinski definition) is 1. The van der Waals surface area contributed by atoms with E-state index in [0.717, 1.165) is 0 Å². The lowest BCUT2D eigenvalue weighted by atomic mass is 10.6.